The first-order valence-electron chi connectivity index (χ1n) is 6.07. The van der Waals surface area contributed by atoms with Gasteiger partial charge in [-0.3, -0.25) is 4.79 Å². The minimum Gasteiger partial charge on any atom is -0.365 e. The van der Waals surface area contributed by atoms with Crippen LogP contribution >= 0.6 is 0 Å². The second-order valence-electron chi connectivity index (χ2n) is 5.47. The van der Waals surface area contributed by atoms with Crippen LogP contribution in [0, 0.1) is 0 Å². The Kier molecular flexibility index (Phi) is 4.74. The van der Waals surface area contributed by atoms with Crippen LogP contribution in [-0.2, 0) is 9.53 Å². The molecule has 0 spiro atoms. The van der Waals surface area contributed by atoms with E-state index >= 15 is 0 Å². The largest absolute Gasteiger partial charge is 0.365 e. The van der Waals surface area contributed by atoms with Gasteiger partial charge >= 0.3 is 0 Å². The van der Waals surface area contributed by atoms with E-state index < -0.39 is 0 Å². The summed E-state index contributed by atoms with van der Waals surface area (Å²) in [7, 11) is 0. The van der Waals surface area contributed by atoms with Crippen molar-refractivity contribution in [3.05, 3.63) is 0 Å². The minimum atomic E-state index is -0.359. The lowest BCUT2D eigenvalue weighted by Crippen LogP contribution is -2.47. The van der Waals surface area contributed by atoms with Crippen LogP contribution in [0.2, 0.25) is 0 Å². The Labute approximate surface area is 98.1 Å². The Morgan fingerprint density at radius 3 is 2.44 bits per heavy atom. The van der Waals surface area contributed by atoms with E-state index in [0.717, 1.165) is 25.9 Å². The average Bonchev–Trinajstić information content (AvgIpc) is 2.16. The van der Waals surface area contributed by atoms with E-state index in [4.69, 9.17) is 4.74 Å². The number of hydrogen-bond donors (Lipinski definition) is 2. The summed E-state index contributed by atoms with van der Waals surface area (Å²) in [5.41, 5.74) is -0.192. The van der Waals surface area contributed by atoms with E-state index in [1.807, 2.05) is 27.7 Å². The van der Waals surface area contributed by atoms with Crippen LogP contribution in [0.4, 0.5) is 0 Å². The SMILES string of the molecule is CC(OC1CCNCC1)C(=O)NC(C)(C)C. The maximum Gasteiger partial charge on any atom is 0.249 e. The van der Waals surface area contributed by atoms with Gasteiger partial charge in [-0.1, -0.05) is 0 Å². The van der Waals surface area contributed by atoms with E-state index in [-0.39, 0.29) is 23.7 Å². The second-order valence-corrected chi connectivity index (χ2v) is 5.47. The molecule has 1 aliphatic rings. The van der Waals surface area contributed by atoms with Gasteiger partial charge in [-0.15, -0.1) is 0 Å². The van der Waals surface area contributed by atoms with Crippen molar-refractivity contribution in [2.24, 2.45) is 0 Å². The highest BCUT2D eigenvalue weighted by molar-refractivity contribution is 5.80. The van der Waals surface area contributed by atoms with Gasteiger partial charge in [0, 0.05) is 5.54 Å². The lowest BCUT2D eigenvalue weighted by Gasteiger charge is -2.28. The summed E-state index contributed by atoms with van der Waals surface area (Å²) in [4.78, 5) is 11.8. The molecule has 0 aromatic rings. The van der Waals surface area contributed by atoms with Gasteiger partial charge < -0.3 is 15.4 Å². The molecule has 16 heavy (non-hydrogen) atoms. The minimum absolute atomic E-state index is 0.0222. The number of nitrogens with one attached hydrogen (secondary N) is 2. The van der Waals surface area contributed by atoms with E-state index in [1.165, 1.54) is 0 Å². The molecule has 94 valence electrons. The van der Waals surface area contributed by atoms with Crippen molar-refractivity contribution in [1.29, 1.82) is 0 Å². The number of ether oxygens (including phenoxy) is 1. The van der Waals surface area contributed by atoms with Crippen molar-refractivity contribution in [3.8, 4) is 0 Å². The standard InChI is InChI=1S/C12H24N2O2/c1-9(11(15)14-12(2,3)4)16-10-5-7-13-8-6-10/h9-10,13H,5-8H2,1-4H3,(H,14,15). The molecule has 1 saturated heterocycles. The molecule has 0 saturated carbocycles. The third-order valence-corrected chi connectivity index (χ3v) is 2.55. The number of rotatable bonds is 3. The quantitative estimate of drug-likeness (QED) is 0.759. The highest BCUT2D eigenvalue weighted by atomic mass is 16.5. The van der Waals surface area contributed by atoms with Gasteiger partial charge in [-0.25, -0.2) is 0 Å². The first kappa shape index (κ1) is 13.5. The molecule has 1 fully saturated rings. The first-order valence-corrected chi connectivity index (χ1v) is 6.07. The number of carbonyl (C=O) groups is 1. The molecule has 4 heteroatoms. The highest BCUT2D eigenvalue weighted by Crippen LogP contribution is 2.11. The number of amides is 1. The van der Waals surface area contributed by atoms with Gasteiger partial charge in [0.2, 0.25) is 5.91 Å². The van der Waals surface area contributed by atoms with Gasteiger partial charge in [0.25, 0.3) is 0 Å². The van der Waals surface area contributed by atoms with Gasteiger partial charge in [0.1, 0.15) is 6.10 Å². The zero-order chi connectivity index (χ0) is 12.2. The normalized spacial score (nSPS) is 20.5. The van der Waals surface area contributed by atoms with Gasteiger partial charge in [0.15, 0.2) is 0 Å². The summed E-state index contributed by atoms with van der Waals surface area (Å²) in [5.74, 6) is -0.0222. The predicted molar refractivity (Wildman–Crippen MR) is 64.3 cm³/mol. The van der Waals surface area contributed by atoms with Gasteiger partial charge in [-0.2, -0.15) is 0 Å². The van der Waals surface area contributed by atoms with Crippen molar-refractivity contribution in [2.45, 2.75) is 58.3 Å². The molecule has 1 aliphatic heterocycles. The summed E-state index contributed by atoms with van der Waals surface area (Å²) >= 11 is 0. The molecule has 2 N–H and O–H groups in total. The smallest absolute Gasteiger partial charge is 0.249 e. The molecular formula is C12H24N2O2. The van der Waals surface area contributed by atoms with E-state index in [2.05, 4.69) is 10.6 Å². The molecule has 0 radical (unpaired) electrons. The monoisotopic (exact) mass is 228 g/mol. The van der Waals surface area contributed by atoms with E-state index in [1.54, 1.807) is 0 Å². The third-order valence-electron chi connectivity index (χ3n) is 2.55. The summed E-state index contributed by atoms with van der Waals surface area (Å²) in [6, 6.07) is 0. The molecule has 0 aromatic carbocycles. The molecule has 1 amide bonds. The fourth-order valence-electron chi connectivity index (χ4n) is 1.75. The molecule has 1 heterocycles. The maximum absolute atomic E-state index is 11.8. The Morgan fingerprint density at radius 2 is 1.94 bits per heavy atom. The van der Waals surface area contributed by atoms with Crippen LogP contribution in [0.3, 0.4) is 0 Å². The molecule has 1 atom stereocenters. The number of piperidine rings is 1. The van der Waals surface area contributed by atoms with Crippen LogP contribution in [-0.4, -0.2) is 36.7 Å². The van der Waals surface area contributed by atoms with Crippen molar-refractivity contribution in [1.82, 2.24) is 10.6 Å². The van der Waals surface area contributed by atoms with Crippen LogP contribution in [0.1, 0.15) is 40.5 Å². The second kappa shape index (κ2) is 5.64. The molecule has 0 bridgehead atoms. The Hall–Kier alpha value is -0.610. The van der Waals surface area contributed by atoms with Crippen LogP contribution in [0.15, 0.2) is 0 Å². The zero-order valence-electron chi connectivity index (χ0n) is 10.8. The fraction of sp³-hybridized carbons (Fsp3) is 0.917. The summed E-state index contributed by atoms with van der Waals surface area (Å²) in [6.45, 7) is 9.71. The molecular weight excluding hydrogens is 204 g/mol. The topological polar surface area (TPSA) is 50.4 Å². The summed E-state index contributed by atoms with van der Waals surface area (Å²) < 4.78 is 5.75. The van der Waals surface area contributed by atoms with Crippen molar-refractivity contribution in [3.63, 3.8) is 0 Å². The van der Waals surface area contributed by atoms with Crippen molar-refractivity contribution >= 4 is 5.91 Å². The summed E-state index contributed by atoms with van der Waals surface area (Å²) in [5, 5.41) is 6.20. The Morgan fingerprint density at radius 1 is 1.38 bits per heavy atom. The van der Waals surface area contributed by atoms with Crippen molar-refractivity contribution in [2.75, 3.05) is 13.1 Å². The van der Waals surface area contributed by atoms with E-state index in [9.17, 15) is 4.79 Å². The zero-order valence-corrected chi connectivity index (χ0v) is 10.8. The average molecular weight is 228 g/mol. The molecule has 1 rings (SSSR count). The molecule has 0 aromatic heterocycles. The first-order chi connectivity index (χ1) is 7.38. The summed E-state index contributed by atoms with van der Waals surface area (Å²) in [6.07, 6.45) is 1.85. The van der Waals surface area contributed by atoms with Crippen LogP contribution in [0.25, 0.3) is 0 Å². The third kappa shape index (κ3) is 4.94. The number of carbonyl (C=O) groups excluding carboxylic acids is 1. The van der Waals surface area contributed by atoms with Gasteiger partial charge in [-0.05, 0) is 53.6 Å². The Balaban J connectivity index is 2.33. The van der Waals surface area contributed by atoms with Gasteiger partial charge in [0.05, 0.1) is 6.10 Å². The lowest BCUT2D eigenvalue weighted by atomic mass is 10.1. The Bertz CT molecular complexity index is 230. The molecule has 4 nitrogen and oxygen atoms in total. The number of hydrogen-bond acceptors (Lipinski definition) is 3. The van der Waals surface area contributed by atoms with Crippen molar-refractivity contribution < 1.29 is 9.53 Å². The maximum atomic E-state index is 11.8. The van der Waals surface area contributed by atoms with Crippen LogP contribution < -0.4 is 10.6 Å². The van der Waals surface area contributed by atoms with E-state index in [0.29, 0.717) is 0 Å². The molecule has 0 aliphatic carbocycles. The predicted octanol–water partition coefficient (Wildman–Crippen LogP) is 1.06. The lowest BCUT2D eigenvalue weighted by molar-refractivity contribution is -0.137. The highest BCUT2D eigenvalue weighted by Gasteiger charge is 2.23. The van der Waals surface area contributed by atoms with Crippen LogP contribution in [0.5, 0.6) is 0 Å². The molecule has 1 unspecified atom stereocenters. The fourth-order valence-corrected chi connectivity index (χ4v) is 1.75.